The van der Waals surface area contributed by atoms with Gasteiger partial charge in [0.15, 0.2) is 0 Å². The van der Waals surface area contributed by atoms with Crippen molar-refractivity contribution in [2.24, 2.45) is 0 Å². The molecule has 0 N–H and O–H groups in total. The number of carbonyl (C=O) groups excluding carboxylic acids is 1. The standard InChI is InChI=1S/C23H30N4O2/c1-25-14-16-26(17-15-25)22-20(10-7-12-24-22)21-11-5-6-13-27(21)23(28)29-18-19-8-3-2-4-9-19/h2-4,7-10,12,21H,5-6,11,13-18H2,1H3/t21-/m1/s1. The Labute approximate surface area is 173 Å². The van der Waals surface area contributed by atoms with Crippen LogP contribution in [-0.2, 0) is 11.3 Å². The van der Waals surface area contributed by atoms with E-state index in [9.17, 15) is 4.79 Å². The lowest BCUT2D eigenvalue weighted by Crippen LogP contribution is -2.46. The molecule has 2 aromatic rings. The van der Waals surface area contributed by atoms with Crippen molar-refractivity contribution in [2.45, 2.75) is 31.9 Å². The van der Waals surface area contributed by atoms with Crippen molar-refractivity contribution in [1.29, 1.82) is 0 Å². The summed E-state index contributed by atoms with van der Waals surface area (Å²) < 4.78 is 5.67. The van der Waals surface area contributed by atoms with Gasteiger partial charge in [0, 0.05) is 44.5 Å². The number of aromatic nitrogens is 1. The quantitative estimate of drug-likeness (QED) is 0.791. The third-order valence-electron chi connectivity index (χ3n) is 5.92. The van der Waals surface area contributed by atoms with Crippen LogP contribution in [0.3, 0.4) is 0 Å². The average Bonchev–Trinajstić information content (AvgIpc) is 2.79. The van der Waals surface area contributed by atoms with E-state index in [1.165, 1.54) is 0 Å². The van der Waals surface area contributed by atoms with E-state index in [-0.39, 0.29) is 12.1 Å². The van der Waals surface area contributed by atoms with Crippen LogP contribution in [0, 0.1) is 0 Å². The number of hydrogen-bond donors (Lipinski definition) is 0. The first-order valence-electron chi connectivity index (χ1n) is 10.6. The highest BCUT2D eigenvalue weighted by Gasteiger charge is 2.32. The number of anilines is 1. The van der Waals surface area contributed by atoms with Crippen molar-refractivity contribution in [3.63, 3.8) is 0 Å². The Balaban J connectivity index is 1.51. The number of nitrogens with zero attached hydrogens (tertiary/aromatic N) is 4. The van der Waals surface area contributed by atoms with Crippen LogP contribution >= 0.6 is 0 Å². The van der Waals surface area contributed by atoms with E-state index in [0.29, 0.717) is 6.61 Å². The summed E-state index contributed by atoms with van der Waals surface area (Å²) in [6.45, 7) is 5.03. The Morgan fingerprint density at radius 3 is 2.62 bits per heavy atom. The molecule has 4 rings (SSSR count). The Hall–Kier alpha value is -2.60. The number of likely N-dealkylation sites (N-methyl/N-ethyl adjacent to an activating group) is 1. The summed E-state index contributed by atoms with van der Waals surface area (Å²) in [6.07, 6.45) is 4.71. The van der Waals surface area contributed by atoms with Crippen LogP contribution in [0.15, 0.2) is 48.7 Å². The molecule has 6 heteroatoms. The number of likely N-dealkylation sites (tertiary alicyclic amines) is 1. The number of rotatable bonds is 4. The summed E-state index contributed by atoms with van der Waals surface area (Å²) in [5.74, 6) is 1.02. The van der Waals surface area contributed by atoms with Crippen molar-refractivity contribution in [3.8, 4) is 0 Å². The van der Waals surface area contributed by atoms with Crippen LogP contribution in [0.2, 0.25) is 0 Å². The molecule has 154 valence electrons. The van der Waals surface area contributed by atoms with Gasteiger partial charge in [-0.25, -0.2) is 9.78 Å². The van der Waals surface area contributed by atoms with Crippen molar-refractivity contribution < 1.29 is 9.53 Å². The molecule has 2 aliphatic rings. The number of pyridine rings is 1. The highest BCUT2D eigenvalue weighted by Crippen LogP contribution is 2.36. The minimum absolute atomic E-state index is 0.0235. The predicted octanol–water partition coefficient (Wildman–Crippen LogP) is 3.70. The Morgan fingerprint density at radius 1 is 1.03 bits per heavy atom. The van der Waals surface area contributed by atoms with Gasteiger partial charge in [0.1, 0.15) is 12.4 Å². The number of ether oxygens (including phenoxy) is 1. The number of benzene rings is 1. The molecule has 0 bridgehead atoms. The second kappa shape index (κ2) is 9.27. The van der Waals surface area contributed by atoms with Gasteiger partial charge in [0.05, 0.1) is 6.04 Å². The first kappa shape index (κ1) is 19.7. The molecular weight excluding hydrogens is 364 g/mol. The van der Waals surface area contributed by atoms with Crippen LogP contribution in [0.1, 0.15) is 36.4 Å². The molecule has 1 aromatic carbocycles. The molecule has 3 heterocycles. The fraction of sp³-hybridized carbons (Fsp3) is 0.478. The topological polar surface area (TPSA) is 48.9 Å². The van der Waals surface area contributed by atoms with E-state index in [4.69, 9.17) is 9.72 Å². The summed E-state index contributed by atoms with van der Waals surface area (Å²) in [5.41, 5.74) is 2.15. The first-order valence-corrected chi connectivity index (χ1v) is 10.6. The van der Waals surface area contributed by atoms with E-state index in [1.54, 1.807) is 0 Å². The maximum Gasteiger partial charge on any atom is 0.410 e. The summed E-state index contributed by atoms with van der Waals surface area (Å²) >= 11 is 0. The van der Waals surface area contributed by atoms with Gasteiger partial charge in [-0.05, 0) is 37.9 Å². The lowest BCUT2D eigenvalue weighted by Gasteiger charge is -2.39. The summed E-state index contributed by atoms with van der Waals surface area (Å²) in [6, 6.07) is 14.0. The Kier molecular flexibility index (Phi) is 6.30. The summed E-state index contributed by atoms with van der Waals surface area (Å²) in [5, 5.41) is 0. The van der Waals surface area contributed by atoms with E-state index >= 15 is 0 Å². The molecule has 1 atom stereocenters. The summed E-state index contributed by atoms with van der Waals surface area (Å²) in [7, 11) is 2.16. The van der Waals surface area contributed by atoms with E-state index < -0.39 is 0 Å². The molecular formula is C23H30N4O2. The normalized spacial score (nSPS) is 20.5. The molecule has 2 aliphatic heterocycles. The highest BCUT2D eigenvalue weighted by atomic mass is 16.6. The minimum atomic E-state index is -0.230. The van der Waals surface area contributed by atoms with Gasteiger partial charge in [-0.2, -0.15) is 0 Å². The zero-order chi connectivity index (χ0) is 20.1. The SMILES string of the molecule is CN1CCN(c2ncccc2[C@H]2CCCCN2C(=O)OCc2ccccc2)CC1. The highest BCUT2D eigenvalue weighted by molar-refractivity contribution is 5.69. The maximum atomic E-state index is 12.9. The maximum absolute atomic E-state index is 12.9. The number of carbonyl (C=O) groups is 1. The van der Waals surface area contributed by atoms with Gasteiger partial charge in [-0.15, -0.1) is 0 Å². The number of piperidine rings is 1. The van der Waals surface area contributed by atoms with E-state index in [1.807, 2.05) is 47.5 Å². The second-order valence-corrected chi connectivity index (χ2v) is 7.95. The molecule has 29 heavy (non-hydrogen) atoms. The summed E-state index contributed by atoms with van der Waals surface area (Å²) in [4.78, 5) is 24.3. The number of hydrogen-bond acceptors (Lipinski definition) is 5. The monoisotopic (exact) mass is 394 g/mol. The number of piperazine rings is 1. The fourth-order valence-electron chi connectivity index (χ4n) is 4.23. The molecule has 1 aromatic heterocycles. The Morgan fingerprint density at radius 2 is 1.83 bits per heavy atom. The third-order valence-corrected chi connectivity index (χ3v) is 5.92. The van der Waals surface area contributed by atoms with Crippen molar-refractivity contribution in [3.05, 3.63) is 59.8 Å². The van der Waals surface area contributed by atoms with E-state index in [0.717, 1.165) is 68.9 Å². The lowest BCUT2D eigenvalue weighted by atomic mass is 9.95. The molecule has 0 spiro atoms. The molecule has 0 saturated carbocycles. The van der Waals surface area contributed by atoms with Gasteiger partial charge < -0.3 is 19.4 Å². The minimum Gasteiger partial charge on any atom is -0.445 e. The van der Waals surface area contributed by atoms with Gasteiger partial charge in [-0.3, -0.25) is 0 Å². The lowest BCUT2D eigenvalue weighted by molar-refractivity contribution is 0.0679. The van der Waals surface area contributed by atoms with Crippen molar-refractivity contribution in [1.82, 2.24) is 14.8 Å². The van der Waals surface area contributed by atoms with Gasteiger partial charge >= 0.3 is 6.09 Å². The predicted molar refractivity (Wildman–Crippen MR) is 114 cm³/mol. The molecule has 0 unspecified atom stereocenters. The molecule has 6 nitrogen and oxygen atoms in total. The van der Waals surface area contributed by atoms with Crippen LogP contribution in [0.4, 0.5) is 10.6 Å². The molecule has 1 amide bonds. The van der Waals surface area contributed by atoms with E-state index in [2.05, 4.69) is 22.9 Å². The molecule has 0 radical (unpaired) electrons. The zero-order valence-corrected chi connectivity index (χ0v) is 17.2. The van der Waals surface area contributed by atoms with Crippen LogP contribution in [-0.4, -0.2) is 60.6 Å². The first-order chi connectivity index (χ1) is 14.2. The molecule has 0 aliphatic carbocycles. The molecule has 2 saturated heterocycles. The van der Waals surface area contributed by atoms with Crippen molar-refractivity contribution >= 4 is 11.9 Å². The second-order valence-electron chi connectivity index (χ2n) is 7.95. The molecule has 2 fully saturated rings. The number of amides is 1. The van der Waals surface area contributed by atoms with Crippen molar-refractivity contribution in [2.75, 3.05) is 44.7 Å². The fourth-order valence-corrected chi connectivity index (χ4v) is 4.23. The zero-order valence-electron chi connectivity index (χ0n) is 17.2. The van der Waals surface area contributed by atoms with Gasteiger partial charge in [0.2, 0.25) is 0 Å². The largest absolute Gasteiger partial charge is 0.445 e. The van der Waals surface area contributed by atoms with Crippen LogP contribution in [0.5, 0.6) is 0 Å². The smallest absolute Gasteiger partial charge is 0.410 e. The average molecular weight is 395 g/mol. The van der Waals surface area contributed by atoms with Gasteiger partial charge in [-0.1, -0.05) is 36.4 Å². The Bertz CT molecular complexity index is 806. The van der Waals surface area contributed by atoms with Gasteiger partial charge in [0.25, 0.3) is 0 Å². The van der Waals surface area contributed by atoms with Crippen LogP contribution in [0.25, 0.3) is 0 Å². The third kappa shape index (κ3) is 4.70. The van der Waals surface area contributed by atoms with Crippen LogP contribution < -0.4 is 4.90 Å².